The molecule has 3 heteroatoms. The van der Waals surface area contributed by atoms with Crippen molar-refractivity contribution < 1.29 is 0 Å². The molecule has 3 rings (SSSR count). The van der Waals surface area contributed by atoms with Gasteiger partial charge in [0.2, 0.25) is 0 Å². The van der Waals surface area contributed by atoms with Crippen LogP contribution < -0.4 is 5.32 Å². The second-order valence-corrected chi connectivity index (χ2v) is 5.26. The van der Waals surface area contributed by atoms with Gasteiger partial charge in [0, 0.05) is 28.8 Å². The lowest BCUT2D eigenvalue weighted by Crippen LogP contribution is -2.10. The van der Waals surface area contributed by atoms with Gasteiger partial charge >= 0.3 is 0 Å². The maximum absolute atomic E-state index is 3.71. The first-order valence-corrected chi connectivity index (χ1v) is 6.54. The molecule has 1 aliphatic heterocycles. The fourth-order valence-electron chi connectivity index (χ4n) is 2.71. The predicted octanol–water partition coefficient (Wildman–Crippen LogP) is 3.09. The summed E-state index contributed by atoms with van der Waals surface area (Å²) < 4.78 is 3.58. The molecule has 2 nitrogen and oxygen atoms in total. The van der Waals surface area contributed by atoms with Crippen molar-refractivity contribution in [2.75, 3.05) is 13.1 Å². The third-order valence-corrected chi connectivity index (χ3v) is 4.51. The zero-order valence-corrected chi connectivity index (χ0v) is 10.9. The summed E-state index contributed by atoms with van der Waals surface area (Å²) in [5, 5.41) is 3.44. The van der Waals surface area contributed by atoms with E-state index in [2.05, 4.69) is 57.0 Å². The van der Waals surface area contributed by atoms with E-state index in [1.54, 1.807) is 0 Å². The Hall–Kier alpha value is -0.800. The molecule has 2 aromatic heterocycles. The fraction of sp³-hybridized carbons (Fsp3) is 0.385. The highest BCUT2D eigenvalue weighted by atomic mass is 79.9. The zero-order valence-electron chi connectivity index (χ0n) is 9.33. The van der Waals surface area contributed by atoms with E-state index in [9.17, 15) is 0 Å². The molecular weight excluding hydrogens is 264 g/mol. The smallest absolute Gasteiger partial charge is 0.0597 e. The highest BCUT2D eigenvalue weighted by molar-refractivity contribution is 9.10. The Bertz CT molecular complexity index is 524. The summed E-state index contributed by atoms with van der Waals surface area (Å²) in [6.45, 7) is 4.46. The van der Waals surface area contributed by atoms with Crippen molar-refractivity contribution in [2.45, 2.75) is 19.3 Å². The minimum atomic E-state index is 0.654. The van der Waals surface area contributed by atoms with E-state index in [-0.39, 0.29) is 0 Å². The van der Waals surface area contributed by atoms with Gasteiger partial charge in [-0.3, -0.25) is 0 Å². The summed E-state index contributed by atoms with van der Waals surface area (Å²) in [6.07, 6.45) is 3.41. The van der Waals surface area contributed by atoms with Crippen molar-refractivity contribution in [3.05, 3.63) is 40.1 Å². The lowest BCUT2D eigenvalue weighted by Gasteiger charge is -2.10. The van der Waals surface area contributed by atoms with Crippen molar-refractivity contribution in [1.29, 1.82) is 0 Å². The van der Waals surface area contributed by atoms with Crippen LogP contribution in [0.4, 0.5) is 0 Å². The van der Waals surface area contributed by atoms with Crippen LogP contribution in [0.15, 0.2) is 28.9 Å². The van der Waals surface area contributed by atoms with Gasteiger partial charge in [-0.05, 0) is 53.5 Å². The van der Waals surface area contributed by atoms with Gasteiger partial charge in [-0.2, -0.15) is 0 Å². The normalized spacial score (nSPS) is 20.8. The Kier molecular flexibility index (Phi) is 2.52. The number of aromatic nitrogens is 1. The van der Waals surface area contributed by atoms with Gasteiger partial charge in [-0.25, -0.2) is 0 Å². The van der Waals surface area contributed by atoms with Gasteiger partial charge in [-0.1, -0.05) is 6.07 Å². The van der Waals surface area contributed by atoms with Gasteiger partial charge in [0.25, 0.3) is 0 Å². The average molecular weight is 279 g/mol. The second-order valence-electron chi connectivity index (χ2n) is 4.47. The second kappa shape index (κ2) is 3.90. The summed E-state index contributed by atoms with van der Waals surface area (Å²) in [5.74, 6) is 0.654. The number of nitrogens with one attached hydrogen (secondary N) is 1. The Morgan fingerprint density at radius 1 is 1.44 bits per heavy atom. The van der Waals surface area contributed by atoms with Gasteiger partial charge in [0.1, 0.15) is 0 Å². The molecule has 0 saturated carbocycles. The summed E-state index contributed by atoms with van der Waals surface area (Å²) in [7, 11) is 0. The molecular formula is C13H15BrN2. The number of nitrogens with zero attached hydrogens (tertiary/aromatic N) is 1. The Morgan fingerprint density at radius 2 is 2.31 bits per heavy atom. The Labute approximate surface area is 104 Å². The topological polar surface area (TPSA) is 16.4 Å². The Balaban J connectivity index is 2.26. The van der Waals surface area contributed by atoms with Gasteiger partial charge in [-0.15, -0.1) is 0 Å². The minimum absolute atomic E-state index is 0.654. The molecule has 1 N–H and O–H groups in total. The standard InChI is InChI=1S/C13H15BrN2/c1-9-12(14)11-4-2-3-7-16(11)13(9)10-5-6-15-8-10/h2-4,7,10,15H,5-6,8H2,1H3. The molecule has 1 aliphatic rings. The molecule has 0 radical (unpaired) electrons. The van der Waals surface area contributed by atoms with Crippen LogP contribution in [0.2, 0.25) is 0 Å². The SMILES string of the molecule is Cc1c(Br)c2ccccn2c1C1CCNC1. The molecule has 84 valence electrons. The molecule has 0 amide bonds. The van der Waals surface area contributed by atoms with Crippen LogP contribution in [0, 0.1) is 6.92 Å². The van der Waals surface area contributed by atoms with Crippen LogP contribution in [0.3, 0.4) is 0 Å². The number of hydrogen-bond donors (Lipinski definition) is 1. The van der Waals surface area contributed by atoms with Gasteiger partial charge in [0.15, 0.2) is 0 Å². The molecule has 1 saturated heterocycles. The average Bonchev–Trinajstić information content (AvgIpc) is 2.89. The van der Waals surface area contributed by atoms with Crippen LogP contribution in [0.1, 0.15) is 23.6 Å². The third-order valence-electron chi connectivity index (χ3n) is 3.50. The number of pyridine rings is 1. The molecule has 1 unspecified atom stereocenters. The van der Waals surface area contributed by atoms with E-state index in [4.69, 9.17) is 0 Å². The van der Waals surface area contributed by atoms with Crippen LogP contribution in [-0.2, 0) is 0 Å². The summed E-state index contributed by atoms with van der Waals surface area (Å²) in [6, 6.07) is 6.37. The maximum Gasteiger partial charge on any atom is 0.0597 e. The predicted molar refractivity (Wildman–Crippen MR) is 70.1 cm³/mol. The monoisotopic (exact) mass is 278 g/mol. The van der Waals surface area contributed by atoms with Crippen molar-refractivity contribution in [3.8, 4) is 0 Å². The molecule has 1 fully saturated rings. The quantitative estimate of drug-likeness (QED) is 0.848. The highest BCUT2D eigenvalue weighted by Crippen LogP contribution is 2.34. The molecule has 0 aromatic carbocycles. The molecule has 2 aromatic rings. The third kappa shape index (κ3) is 1.42. The van der Waals surface area contributed by atoms with Crippen molar-refractivity contribution in [2.24, 2.45) is 0 Å². The van der Waals surface area contributed by atoms with E-state index in [1.807, 2.05) is 0 Å². The number of rotatable bonds is 1. The van der Waals surface area contributed by atoms with Crippen LogP contribution in [0.5, 0.6) is 0 Å². The first kappa shape index (κ1) is 10.4. The summed E-state index contributed by atoms with van der Waals surface area (Å²) in [4.78, 5) is 0. The van der Waals surface area contributed by atoms with E-state index in [1.165, 1.54) is 27.7 Å². The molecule has 16 heavy (non-hydrogen) atoms. The van der Waals surface area contributed by atoms with Gasteiger partial charge in [0.05, 0.1) is 5.52 Å². The van der Waals surface area contributed by atoms with Crippen molar-refractivity contribution in [3.63, 3.8) is 0 Å². The fourth-order valence-corrected chi connectivity index (χ4v) is 3.23. The van der Waals surface area contributed by atoms with Crippen molar-refractivity contribution in [1.82, 2.24) is 9.72 Å². The highest BCUT2D eigenvalue weighted by Gasteiger charge is 2.23. The molecule has 0 aliphatic carbocycles. The lowest BCUT2D eigenvalue weighted by atomic mass is 10.0. The van der Waals surface area contributed by atoms with Crippen molar-refractivity contribution >= 4 is 21.4 Å². The van der Waals surface area contributed by atoms with E-state index in [0.29, 0.717) is 5.92 Å². The van der Waals surface area contributed by atoms with Crippen LogP contribution >= 0.6 is 15.9 Å². The van der Waals surface area contributed by atoms with Gasteiger partial charge < -0.3 is 9.72 Å². The summed E-state index contributed by atoms with van der Waals surface area (Å²) >= 11 is 3.71. The number of halogens is 1. The number of fused-ring (bicyclic) bond motifs is 1. The zero-order chi connectivity index (χ0) is 11.1. The summed E-state index contributed by atoms with van der Waals surface area (Å²) in [5.41, 5.74) is 4.13. The van der Waals surface area contributed by atoms with Crippen LogP contribution in [0.25, 0.3) is 5.52 Å². The lowest BCUT2D eigenvalue weighted by molar-refractivity contribution is 0.720. The van der Waals surface area contributed by atoms with E-state index >= 15 is 0 Å². The molecule has 0 bridgehead atoms. The first-order valence-electron chi connectivity index (χ1n) is 5.75. The number of hydrogen-bond acceptors (Lipinski definition) is 1. The molecule has 3 heterocycles. The Morgan fingerprint density at radius 3 is 3.06 bits per heavy atom. The van der Waals surface area contributed by atoms with E-state index in [0.717, 1.165) is 13.1 Å². The minimum Gasteiger partial charge on any atom is -0.319 e. The largest absolute Gasteiger partial charge is 0.319 e. The van der Waals surface area contributed by atoms with E-state index < -0.39 is 0 Å². The molecule has 1 atom stereocenters. The molecule has 0 spiro atoms. The maximum atomic E-state index is 3.71. The van der Waals surface area contributed by atoms with Crippen LogP contribution in [-0.4, -0.2) is 17.5 Å². The first-order chi connectivity index (χ1) is 7.79.